The summed E-state index contributed by atoms with van der Waals surface area (Å²) >= 11 is 0. The van der Waals surface area contributed by atoms with Crippen LogP contribution in [0.15, 0.2) is 18.2 Å². The van der Waals surface area contributed by atoms with Gasteiger partial charge in [0.15, 0.2) is 11.5 Å². The van der Waals surface area contributed by atoms with Gasteiger partial charge in [-0.2, -0.15) is 0 Å². The van der Waals surface area contributed by atoms with Crippen LogP contribution >= 0.6 is 0 Å². The maximum Gasteiger partial charge on any atom is 0.161 e. The molecule has 88 valence electrons. The molecule has 0 aliphatic carbocycles. The second-order valence-corrected chi connectivity index (χ2v) is 4.75. The highest BCUT2D eigenvalue weighted by atomic mass is 16.5. The molecule has 0 bridgehead atoms. The summed E-state index contributed by atoms with van der Waals surface area (Å²) < 4.78 is 11.2. The lowest BCUT2D eigenvalue weighted by Crippen LogP contribution is -2.21. The summed E-state index contributed by atoms with van der Waals surface area (Å²) in [6.45, 7) is 5.52. The Morgan fingerprint density at radius 2 is 1.88 bits per heavy atom. The Bertz CT molecular complexity index is 371. The highest BCUT2D eigenvalue weighted by molar-refractivity contribution is 5.45. The van der Waals surface area contributed by atoms with Crippen LogP contribution in [0.1, 0.15) is 25.8 Å². The minimum atomic E-state index is -0.245. The Morgan fingerprint density at radius 1 is 1.19 bits per heavy atom. The molecule has 1 aliphatic rings. The van der Waals surface area contributed by atoms with Gasteiger partial charge in [-0.3, -0.25) is 0 Å². The molecule has 0 amide bonds. The molecular formula is C13H18O3. The summed E-state index contributed by atoms with van der Waals surface area (Å²) in [6.07, 6.45) is 0.910. The molecule has 3 heteroatoms. The van der Waals surface area contributed by atoms with Crippen molar-refractivity contribution in [2.24, 2.45) is 0 Å². The molecule has 0 aromatic heterocycles. The first kappa shape index (κ1) is 11.3. The third-order valence-corrected chi connectivity index (χ3v) is 2.92. The second kappa shape index (κ2) is 4.34. The molecule has 3 nitrogen and oxygen atoms in total. The number of hydrogen-bond donors (Lipinski definition) is 1. The van der Waals surface area contributed by atoms with E-state index in [0.717, 1.165) is 23.5 Å². The van der Waals surface area contributed by atoms with Gasteiger partial charge in [0.2, 0.25) is 0 Å². The predicted octanol–water partition coefficient (Wildman–Crippen LogP) is 2.12. The van der Waals surface area contributed by atoms with Crippen molar-refractivity contribution >= 4 is 0 Å². The van der Waals surface area contributed by atoms with Gasteiger partial charge in [0.1, 0.15) is 0 Å². The molecule has 1 aromatic rings. The van der Waals surface area contributed by atoms with E-state index in [2.05, 4.69) is 0 Å². The van der Waals surface area contributed by atoms with E-state index in [1.807, 2.05) is 32.0 Å². The van der Waals surface area contributed by atoms with Crippen molar-refractivity contribution in [2.75, 3.05) is 19.8 Å². The number of fused-ring (bicyclic) bond motifs is 1. The van der Waals surface area contributed by atoms with E-state index >= 15 is 0 Å². The normalized spacial score (nSPS) is 15.7. The largest absolute Gasteiger partial charge is 0.490 e. The van der Waals surface area contributed by atoms with Gasteiger partial charge in [-0.1, -0.05) is 19.9 Å². The Morgan fingerprint density at radius 3 is 2.56 bits per heavy atom. The highest BCUT2D eigenvalue weighted by Crippen LogP contribution is 2.34. The number of rotatable bonds is 2. The van der Waals surface area contributed by atoms with E-state index < -0.39 is 0 Å². The monoisotopic (exact) mass is 222 g/mol. The first-order valence-corrected chi connectivity index (χ1v) is 5.64. The molecule has 0 radical (unpaired) electrons. The second-order valence-electron chi connectivity index (χ2n) is 4.75. The lowest BCUT2D eigenvalue weighted by molar-refractivity contribution is 0.218. The van der Waals surface area contributed by atoms with Gasteiger partial charge in [-0.25, -0.2) is 0 Å². The topological polar surface area (TPSA) is 38.7 Å². The summed E-state index contributed by atoms with van der Waals surface area (Å²) in [5.41, 5.74) is 0.823. The van der Waals surface area contributed by atoms with Crippen molar-refractivity contribution in [3.05, 3.63) is 23.8 Å². The number of benzene rings is 1. The standard InChI is InChI=1S/C13H18O3/c1-13(2,9-14)10-4-5-11-12(8-10)16-7-3-6-15-11/h4-5,8,14H,3,6-7,9H2,1-2H3. The van der Waals surface area contributed by atoms with E-state index in [4.69, 9.17) is 9.47 Å². The summed E-state index contributed by atoms with van der Waals surface area (Å²) in [6, 6.07) is 5.88. The quantitative estimate of drug-likeness (QED) is 0.833. The van der Waals surface area contributed by atoms with Crippen LogP contribution in [0, 0.1) is 0 Å². The lowest BCUT2D eigenvalue weighted by Gasteiger charge is -2.23. The molecule has 16 heavy (non-hydrogen) atoms. The average Bonchev–Trinajstić information content (AvgIpc) is 2.53. The van der Waals surface area contributed by atoms with Crippen LogP contribution in [-0.2, 0) is 5.41 Å². The van der Waals surface area contributed by atoms with Crippen LogP contribution in [0.2, 0.25) is 0 Å². The molecule has 0 spiro atoms. The van der Waals surface area contributed by atoms with Gasteiger partial charge in [-0.15, -0.1) is 0 Å². The van der Waals surface area contributed by atoms with Crippen LogP contribution in [0.3, 0.4) is 0 Å². The smallest absolute Gasteiger partial charge is 0.161 e. The maximum absolute atomic E-state index is 9.34. The van der Waals surface area contributed by atoms with Gasteiger partial charge < -0.3 is 14.6 Å². The molecule has 1 aliphatic heterocycles. The molecule has 0 atom stereocenters. The zero-order chi connectivity index (χ0) is 11.6. The van der Waals surface area contributed by atoms with Gasteiger partial charge in [0.05, 0.1) is 19.8 Å². The summed E-state index contributed by atoms with van der Waals surface area (Å²) in [5, 5.41) is 9.34. The fraction of sp³-hybridized carbons (Fsp3) is 0.538. The summed E-state index contributed by atoms with van der Waals surface area (Å²) in [5.74, 6) is 1.59. The van der Waals surface area contributed by atoms with Crippen molar-refractivity contribution in [2.45, 2.75) is 25.7 Å². The highest BCUT2D eigenvalue weighted by Gasteiger charge is 2.21. The SMILES string of the molecule is CC(C)(CO)c1ccc2c(c1)OCCCO2. The van der Waals surface area contributed by atoms with Gasteiger partial charge >= 0.3 is 0 Å². The molecule has 1 N–H and O–H groups in total. The Balaban J connectivity index is 2.34. The van der Waals surface area contributed by atoms with E-state index in [1.54, 1.807) is 0 Å². The first-order chi connectivity index (χ1) is 7.63. The van der Waals surface area contributed by atoms with Gasteiger partial charge in [0.25, 0.3) is 0 Å². The average molecular weight is 222 g/mol. The Hall–Kier alpha value is -1.22. The fourth-order valence-corrected chi connectivity index (χ4v) is 1.68. The minimum absolute atomic E-state index is 0.118. The van der Waals surface area contributed by atoms with Crippen molar-refractivity contribution in [1.29, 1.82) is 0 Å². The molecular weight excluding hydrogens is 204 g/mol. The molecule has 1 heterocycles. The summed E-state index contributed by atoms with van der Waals surface area (Å²) in [4.78, 5) is 0. The van der Waals surface area contributed by atoms with Crippen LogP contribution in [0.5, 0.6) is 11.5 Å². The van der Waals surface area contributed by atoms with Crippen molar-refractivity contribution in [3.63, 3.8) is 0 Å². The van der Waals surface area contributed by atoms with Crippen molar-refractivity contribution in [1.82, 2.24) is 0 Å². The number of ether oxygens (including phenoxy) is 2. The van der Waals surface area contributed by atoms with Gasteiger partial charge in [-0.05, 0) is 17.7 Å². The van der Waals surface area contributed by atoms with Gasteiger partial charge in [0, 0.05) is 11.8 Å². The van der Waals surface area contributed by atoms with Crippen LogP contribution in [-0.4, -0.2) is 24.9 Å². The predicted molar refractivity (Wildman–Crippen MR) is 62.2 cm³/mol. The van der Waals surface area contributed by atoms with Crippen LogP contribution in [0.25, 0.3) is 0 Å². The fourth-order valence-electron chi connectivity index (χ4n) is 1.68. The molecule has 0 fully saturated rings. The zero-order valence-corrected chi connectivity index (χ0v) is 9.82. The van der Waals surface area contributed by atoms with Crippen molar-refractivity contribution < 1.29 is 14.6 Å². The third-order valence-electron chi connectivity index (χ3n) is 2.92. The zero-order valence-electron chi connectivity index (χ0n) is 9.82. The van der Waals surface area contributed by atoms with Crippen LogP contribution < -0.4 is 9.47 Å². The van der Waals surface area contributed by atoms with Crippen LogP contribution in [0.4, 0.5) is 0 Å². The van der Waals surface area contributed by atoms with E-state index in [0.29, 0.717) is 13.2 Å². The Labute approximate surface area is 96.0 Å². The van der Waals surface area contributed by atoms with E-state index in [1.165, 1.54) is 0 Å². The minimum Gasteiger partial charge on any atom is -0.490 e. The van der Waals surface area contributed by atoms with Crippen molar-refractivity contribution in [3.8, 4) is 11.5 Å². The molecule has 1 aromatic carbocycles. The molecule has 0 saturated carbocycles. The third kappa shape index (κ3) is 2.14. The summed E-state index contributed by atoms with van der Waals surface area (Å²) in [7, 11) is 0. The number of aliphatic hydroxyl groups excluding tert-OH is 1. The van der Waals surface area contributed by atoms with E-state index in [-0.39, 0.29) is 12.0 Å². The van der Waals surface area contributed by atoms with E-state index in [9.17, 15) is 5.11 Å². The Kier molecular flexibility index (Phi) is 3.06. The maximum atomic E-state index is 9.34. The molecule has 2 rings (SSSR count). The molecule has 0 unspecified atom stereocenters. The molecule has 0 saturated heterocycles. The first-order valence-electron chi connectivity index (χ1n) is 5.64. The lowest BCUT2D eigenvalue weighted by atomic mass is 9.85. The number of aliphatic hydroxyl groups is 1. The number of hydrogen-bond acceptors (Lipinski definition) is 3.